The van der Waals surface area contributed by atoms with Crippen LogP contribution in [-0.4, -0.2) is 52.1 Å². The summed E-state index contributed by atoms with van der Waals surface area (Å²) in [6.07, 6.45) is 0. The largest absolute Gasteiger partial charge is 0.488 e. The third-order valence-electron chi connectivity index (χ3n) is 4.38. The summed E-state index contributed by atoms with van der Waals surface area (Å²) in [5.74, 6) is 0.0660. The maximum atomic E-state index is 12.9. The van der Waals surface area contributed by atoms with Crippen molar-refractivity contribution in [3.05, 3.63) is 47.5 Å². The van der Waals surface area contributed by atoms with E-state index < -0.39 is 16.0 Å². The van der Waals surface area contributed by atoms with Gasteiger partial charge >= 0.3 is 5.97 Å². The molecule has 2 aromatic rings. The van der Waals surface area contributed by atoms with Gasteiger partial charge in [-0.2, -0.15) is 4.31 Å². The molecule has 0 saturated heterocycles. The lowest BCUT2D eigenvalue weighted by Gasteiger charge is -2.21. The first kappa shape index (κ1) is 20.0. The molecule has 0 aromatic heterocycles. The maximum Gasteiger partial charge on any atom is 0.340 e. The third-order valence-corrected chi connectivity index (χ3v) is 6.29. The van der Waals surface area contributed by atoms with Crippen LogP contribution in [0.3, 0.4) is 0 Å². The molecule has 2 N–H and O–H groups in total. The molecule has 0 saturated carbocycles. The zero-order valence-corrected chi connectivity index (χ0v) is 16.5. The number of anilines is 1. The normalized spacial score (nSPS) is 15.2. The minimum Gasteiger partial charge on any atom is -0.488 e. The molecular weight excluding hydrogens is 384 g/mol. The number of sulfonamides is 1. The Kier molecular flexibility index (Phi) is 5.76. The summed E-state index contributed by atoms with van der Waals surface area (Å²) in [5.41, 5.74) is 7.22. The first-order valence-corrected chi connectivity index (χ1v) is 10.1. The Labute approximate surface area is 163 Å². The fourth-order valence-corrected chi connectivity index (χ4v) is 4.22. The second-order valence-corrected chi connectivity index (χ2v) is 8.23. The van der Waals surface area contributed by atoms with Gasteiger partial charge in [0.2, 0.25) is 10.0 Å². The predicted molar refractivity (Wildman–Crippen MR) is 103 cm³/mol. The van der Waals surface area contributed by atoms with Gasteiger partial charge in [0.05, 0.1) is 23.3 Å². The van der Waals surface area contributed by atoms with Crippen LogP contribution in [0.4, 0.5) is 5.69 Å². The van der Waals surface area contributed by atoms with Gasteiger partial charge in [-0.15, -0.1) is 0 Å². The molecule has 150 valence electrons. The number of esters is 1. The highest BCUT2D eigenvalue weighted by molar-refractivity contribution is 7.89. The molecule has 1 aliphatic heterocycles. The Bertz CT molecular complexity index is 973. The van der Waals surface area contributed by atoms with Crippen molar-refractivity contribution >= 4 is 21.7 Å². The van der Waals surface area contributed by atoms with Crippen LogP contribution in [0.1, 0.15) is 15.9 Å². The lowest BCUT2D eigenvalue weighted by Crippen LogP contribution is -2.37. The van der Waals surface area contributed by atoms with Crippen molar-refractivity contribution in [1.29, 1.82) is 0 Å². The molecule has 9 heteroatoms. The topological polar surface area (TPSA) is 108 Å². The van der Waals surface area contributed by atoms with Gasteiger partial charge < -0.3 is 19.9 Å². The van der Waals surface area contributed by atoms with Crippen molar-refractivity contribution < 1.29 is 27.4 Å². The molecule has 0 spiro atoms. The monoisotopic (exact) mass is 406 g/mol. The van der Waals surface area contributed by atoms with Crippen LogP contribution in [0, 0.1) is 6.92 Å². The Morgan fingerprint density at radius 1 is 1.07 bits per heavy atom. The highest BCUT2D eigenvalue weighted by Gasteiger charge is 2.26. The predicted octanol–water partition coefficient (Wildman–Crippen LogP) is 1.83. The van der Waals surface area contributed by atoms with Crippen LogP contribution in [0.15, 0.2) is 41.3 Å². The number of aryl methyl sites for hydroxylation is 1. The van der Waals surface area contributed by atoms with Crippen molar-refractivity contribution in [3.8, 4) is 11.5 Å². The summed E-state index contributed by atoms with van der Waals surface area (Å²) in [7, 11) is -2.42. The van der Waals surface area contributed by atoms with Gasteiger partial charge in [-0.05, 0) is 19.1 Å². The van der Waals surface area contributed by atoms with Gasteiger partial charge in [0.15, 0.2) is 11.5 Å². The van der Waals surface area contributed by atoms with Crippen LogP contribution in [0.25, 0.3) is 0 Å². The summed E-state index contributed by atoms with van der Waals surface area (Å²) in [6, 6.07) is 9.59. The SMILES string of the molecule is COC(=O)c1cc2c(cc1N)OCCN(S(=O)(=O)c1ccc(C)cc1)CCO2. The molecule has 0 bridgehead atoms. The van der Waals surface area contributed by atoms with Crippen molar-refractivity contribution in [3.63, 3.8) is 0 Å². The number of carbonyl (C=O) groups is 1. The van der Waals surface area contributed by atoms with Gasteiger partial charge in [-0.3, -0.25) is 0 Å². The van der Waals surface area contributed by atoms with E-state index in [1.54, 1.807) is 24.3 Å². The molecule has 1 heterocycles. The van der Waals surface area contributed by atoms with Crippen molar-refractivity contribution in [1.82, 2.24) is 4.31 Å². The summed E-state index contributed by atoms with van der Waals surface area (Å²) in [6.45, 7) is 2.38. The number of nitrogens with two attached hydrogens (primary N) is 1. The number of benzene rings is 2. The van der Waals surface area contributed by atoms with Gasteiger partial charge in [0.1, 0.15) is 13.2 Å². The summed E-state index contributed by atoms with van der Waals surface area (Å²) in [5, 5.41) is 0. The maximum absolute atomic E-state index is 12.9. The van der Waals surface area contributed by atoms with Crippen LogP contribution >= 0.6 is 0 Å². The van der Waals surface area contributed by atoms with E-state index in [1.165, 1.54) is 23.5 Å². The fourth-order valence-electron chi connectivity index (χ4n) is 2.81. The average Bonchev–Trinajstić information content (AvgIpc) is 2.77. The van der Waals surface area contributed by atoms with Gasteiger partial charge in [0, 0.05) is 25.2 Å². The van der Waals surface area contributed by atoms with Crippen molar-refractivity contribution in [2.75, 3.05) is 39.1 Å². The smallest absolute Gasteiger partial charge is 0.340 e. The van der Waals surface area contributed by atoms with E-state index in [1.807, 2.05) is 6.92 Å². The number of nitrogens with zero attached hydrogens (tertiary/aromatic N) is 1. The van der Waals surface area contributed by atoms with Crippen molar-refractivity contribution in [2.24, 2.45) is 0 Å². The van der Waals surface area contributed by atoms with E-state index in [9.17, 15) is 13.2 Å². The standard InChI is InChI=1S/C19H22N2O6S/c1-13-3-5-14(6-4-13)28(23,24)21-7-9-26-17-11-15(19(22)25-2)16(20)12-18(17)27-10-8-21/h3-6,11-12H,7-10,20H2,1-2H3. The Hall–Kier alpha value is -2.78. The molecule has 28 heavy (non-hydrogen) atoms. The van der Waals surface area contributed by atoms with Crippen LogP contribution in [-0.2, 0) is 14.8 Å². The quantitative estimate of drug-likeness (QED) is 0.612. The number of methoxy groups -OCH3 is 1. The number of fused-ring (bicyclic) bond motifs is 1. The molecule has 3 rings (SSSR count). The van der Waals surface area contributed by atoms with Crippen LogP contribution in [0.2, 0.25) is 0 Å². The first-order valence-electron chi connectivity index (χ1n) is 8.67. The molecule has 1 aliphatic rings. The van der Waals surface area contributed by atoms with E-state index in [0.717, 1.165) is 5.56 Å². The van der Waals surface area contributed by atoms with Gasteiger partial charge in [-0.25, -0.2) is 13.2 Å². The van der Waals surface area contributed by atoms with Gasteiger partial charge in [-0.1, -0.05) is 17.7 Å². The minimum absolute atomic E-state index is 0.0893. The minimum atomic E-state index is -3.68. The number of hydrogen-bond donors (Lipinski definition) is 1. The summed E-state index contributed by atoms with van der Waals surface area (Å²) >= 11 is 0. The number of rotatable bonds is 3. The van der Waals surface area contributed by atoms with Crippen molar-refractivity contribution in [2.45, 2.75) is 11.8 Å². The van der Waals surface area contributed by atoms with E-state index in [0.29, 0.717) is 11.5 Å². The number of ether oxygens (including phenoxy) is 3. The molecule has 0 atom stereocenters. The van der Waals surface area contributed by atoms with E-state index >= 15 is 0 Å². The molecule has 0 radical (unpaired) electrons. The molecule has 0 amide bonds. The Morgan fingerprint density at radius 3 is 2.21 bits per heavy atom. The Balaban J connectivity index is 1.83. The van der Waals surface area contributed by atoms with Gasteiger partial charge in [0.25, 0.3) is 0 Å². The average molecular weight is 406 g/mol. The molecule has 0 fully saturated rings. The molecule has 0 unspecified atom stereocenters. The lowest BCUT2D eigenvalue weighted by molar-refractivity contribution is 0.0601. The zero-order chi connectivity index (χ0) is 20.3. The highest BCUT2D eigenvalue weighted by atomic mass is 32.2. The van der Waals surface area contributed by atoms with E-state index in [2.05, 4.69) is 0 Å². The number of carbonyl (C=O) groups excluding carboxylic acids is 1. The van der Waals surface area contributed by atoms with Crippen LogP contribution in [0.5, 0.6) is 11.5 Å². The van der Waals surface area contributed by atoms with Crippen LogP contribution < -0.4 is 15.2 Å². The molecular formula is C19H22N2O6S. The molecule has 8 nitrogen and oxygen atoms in total. The second kappa shape index (κ2) is 8.07. The summed E-state index contributed by atoms with van der Waals surface area (Å²) < 4.78 is 43.2. The second-order valence-electron chi connectivity index (χ2n) is 6.29. The number of nitrogen functional groups attached to an aromatic ring is 1. The molecule has 2 aromatic carbocycles. The zero-order valence-electron chi connectivity index (χ0n) is 15.7. The third kappa shape index (κ3) is 4.05. The van der Waals surface area contributed by atoms with E-state index in [4.69, 9.17) is 19.9 Å². The highest BCUT2D eigenvalue weighted by Crippen LogP contribution is 2.33. The first-order chi connectivity index (χ1) is 13.3. The lowest BCUT2D eigenvalue weighted by atomic mass is 10.1. The molecule has 0 aliphatic carbocycles. The number of hydrogen-bond acceptors (Lipinski definition) is 7. The van der Waals surface area contributed by atoms with E-state index in [-0.39, 0.29) is 42.4 Å². The Morgan fingerprint density at radius 2 is 1.64 bits per heavy atom. The fraction of sp³-hybridized carbons (Fsp3) is 0.316. The summed E-state index contributed by atoms with van der Waals surface area (Å²) in [4.78, 5) is 12.0.